The van der Waals surface area contributed by atoms with E-state index in [1.165, 1.54) is 31.4 Å². The van der Waals surface area contributed by atoms with E-state index in [4.69, 9.17) is 0 Å². The van der Waals surface area contributed by atoms with Crippen LogP contribution in [0.2, 0.25) is 0 Å². The van der Waals surface area contributed by atoms with E-state index >= 15 is 0 Å². The number of rotatable bonds is 6. The van der Waals surface area contributed by atoms with Crippen molar-refractivity contribution in [1.82, 2.24) is 0 Å². The van der Waals surface area contributed by atoms with Gasteiger partial charge in [-0.3, -0.25) is 4.79 Å². The van der Waals surface area contributed by atoms with Crippen molar-refractivity contribution in [2.24, 2.45) is 0 Å². The van der Waals surface area contributed by atoms with Gasteiger partial charge in [0.1, 0.15) is 5.75 Å². The molecule has 1 aromatic carbocycles. The predicted octanol–water partition coefficient (Wildman–Crippen LogP) is 2.95. The molecule has 0 bridgehead atoms. The Morgan fingerprint density at radius 3 is 2.42 bits per heavy atom. The summed E-state index contributed by atoms with van der Waals surface area (Å²) in [5.41, 5.74) is 0.652. The molecule has 0 aliphatic rings. The Bertz CT molecular complexity index is 404. The molecule has 0 unspecified atom stereocenters. The summed E-state index contributed by atoms with van der Waals surface area (Å²) in [7, 11) is 1.31. The molecule has 0 aromatic heterocycles. The van der Waals surface area contributed by atoms with Gasteiger partial charge in [0.15, 0.2) is 0 Å². The zero-order valence-corrected chi connectivity index (χ0v) is 10.3. The maximum atomic E-state index is 11.9. The number of alkyl halides is 3. The van der Waals surface area contributed by atoms with E-state index in [2.05, 4.69) is 14.8 Å². The summed E-state index contributed by atoms with van der Waals surface area (Å²) in [6.45, 7) is 0.522. The van der Waals surface area contributed by atoms with E-state index in [0.717, 1.165) is 0 Å². The van der Waals surface area contributed by atoms with Crippen LogP contribution in [0, 0.1) is 0 Å². The minimum absolute atomic E-state index is 0.271. The van der Waals surface area contributed by atoms with Crippen LogP contribution in [0.3, 0.4) is 0 Å². The van der Waals surface area contributed by atoms with Crippen LogP contribution in [0.5, 0.6) is 5.75 Å². The van der Waals surface area contributed by atoms with Crippen molar-refractivity contribution in [2.75, 3.05) is 19.0 Å². The number of nitrogens with one attached hydrogen (secondary N) is 1. The van der Waals surface area contributed by atoms with Gasteiger partial charge in [-0.05, 0) is 30.7 Å². The van der Waals surface area contributed by atoms with Crippen molar-refractivity contribution in [1.29, 1.82) is 0 Å². The Labute approximate surface area is 108 Å². The van der Waals surface area contributed by atoms with Crippen LogP contribution in [0.15, 0.2) is 24.3 Å². The van der Waals surface area contributed by atoms with E-state index in [-0.39, 0.29) is 11.7 Å². The molecule has 0 saturated carbocycles. The lowest BCUT2D eigenvalue weighted by Crippen LogP contribution is -2.17. The molecule has 0 fully saturated rings. The highest BCUT2D eigenvalue weighted by molar-refractivity contribution is 5.69. The van der Waals surface area contributed by atoms with Crippen LogP contribution in [-0.2, 0) is 9.53 Å². The number of benzene rings is 1. The smallest absolute Gasteiger partial charge is 0.469 e. The standard InChI is InChI=1S/C12H14F3NO3/c1-18-11(17)3-2-8-16-9-4-6-10(7-5-9)19-12(13,14)15/h4-7,16H,2-3,8H2,1H3. The highest BCUT2D eigenvalue weighted by atomic mass is 19.4. The number of methoxy groups -OCH3 is 1. The van der Waals surface area contributed by atoms with Gasteiger partial charge in [-0.15, -0.1) is 13.2 Å². The number of carbonyl (C=O) groups is 1. The maximum Gasteiger partial charge on any atom is 0.573 e. The van der Waals surface area contributed by atoms with Crippen LogP contribution in [0.4, 0.5) is 18.9 Å². The molecule has 1 rings (SSSR count). The SMILES string of the molecule is COC(=O)CCCNc1ccc(OC(F)(F)F)cc1. The van der Waals surface area contributed by atoms with E-state index in [9.17, 15) is 18.0 Å². The van der Waals surface area contributed by atoms with Crippen molar-refractivity contribution in [3.63, 3.8) is 0 Å². The lowest BCUT2D eigenvalue weighted by molar-refractivity contribution is -0.274. The van der Waals surface area contributed by atoms with Crippen LogP contribution in [0.25, 0.3) is 0 Å². The summed E-state index contributed by atoms with van der Waals surface area (Å²) < 4.78 is 44.0. The van der Waals surface area contributed by atoms with Gasteiger partial charge in [0.2, 0.25) is 0 Å². The zero-order chi connectivity index (χ0) is 14.3. The largest absolute Gasteiger partial charge is 0.573 e. The average molecular weight is 277 g/mol. The second-order valence-corrected chi connectivity index (χ2v) is 3.68. The van der Waals surface area contributed by atoms with E-state index in [0.29, 0.717) is 25.1 Å². The van der Waals surface area contributed by atoms with Crippen molar-refractivity contribution in [3.05, 3.63) is 24.3 Å². The lowest BCUT2D eigenvalue weighted by atomic mass is 10.2. The topological polar surface area (TPSA) is 47.6 Å². The highest BCUT2D eigenvalue weighted by Crippen LogP contribution is 2.23. The fourth-order valence-corrected chi connectivity index (χ4v) is 1.34. The van der Waals surface area contributed by atoms with Crippen LogP contribution >= 0.6 is 0 Å². The van der Waals surface area contributed by atoms with Crippen LogP contribution in [0.1, 0.15) is 12.8 Å². The molecular weight excluding hydrogens is 263 g/mol. The van der Waals surface area contributed by atoms with Gasteiger partial charge in [0.25, 0.3) is 0 Å². The zero-order valence-electron chi connectivity index (χ0n) is 10.3. The molecule has 106 valence electrons. The minimum Gasteiger partial charge on any atom is -0.469 e. The minimum atomic E-state index is -4.69. The van der Waals surface area contributed by atoms with E-state index in [1.54, 1.807) is 0 Å². The number of anilines is 1. The maximum absolute atomic E-state index is 11.9. The molecule has 19 heavy (non-hydrogen) atoms. The molecule has 0 aliphatic heterocycles. The average Bonchev–Trinajstić information content (AvgIpc) is 2.34. The van der Waals surface area contributed by atoms with Crippen molar-refractivity contribution >= 4 is 11.7 Å². The van der Waals surface area contributed by atoms with Crippen LogP contribution < -0.4 is 10.1 Å². The molecule has 0 aliphatic carbocycles. The fourth-order valence-electron chi connectivity index (χ4n) is 1.34. The molecule has 0 heterocycles. The number of hydrogen-bond donors (Lipinski definition) is 1. The van der Waals surface area contributed by atoms with Crippen molar-refractivity contribution in [2.45, 2.75) is 19.2 Å². The summed E-state index contributed by atoms with van der Waals surface area (Å²) >= 11 is 0. The number of hydrogen-bond acceptors (Lipinski definition) is 4. The quantitative estimate of drug-likeness (QED) is 0.641. The Kier molecular flexibility index (Phi) is 5.47. The van der Waals surface area contributed by atoms with Gasteiger partial charge in [0, 0.05) is 18.7 Å². The molecule has 7 heteroatoms. The molecule has 0 radical (unpaired) electrons. The van der Waals surface area contributed by atoms with Gasteiger partial charge >= 0.3 is 12.3 Å². The summed E-state index contributed by atoms with van der Waals surface area (Å²) in [5.74, 6) is -0.566. The van der Waals surface area contributed by atoms with Gasteiger partial charge in [0.05, 0.1) is 7.11 Å². The summed E-state index contributed by atoms with van der Waals surface area (Å²) in [6.07, 6.45) is -3.82. The number of esters is 1. The first-order valence-corrected chi connectivity index (χ1v) is 5.57. The normalized spacial score (nSPS) is 10.9. The van der Waals surface area contributed by atoms with Gasteiger partial charge in [-0.2, -0.15) is 0 Å². The molecule has 4 nitrogen and oxygen atoms in total. The van der Waals surface area contributed by atoms with Crippen molar-refractivity contribution in [3.8, 4) is 5.75 Å². The Morgan fingerprint density at radius 1 is 1.26 bits per heavy atom. The van der Waals surface area contributed by atoms with E-state index < -0.39 is 6.36 Å². The second-order valence-electron chi connectivity index (χ2n) is 3.68. The molecule has 0 atom stereocenters. The molecule has 1 N–H and O–H groups in total. The first-order valence-electron chi connectivity index (χ1n) is 5.57. The predicted molar refractivity (Wildman–Crippen MR) is 62.9 cm³/mol. The molecular formula is C12H14F3NO3. The first kappa shape index (κ1) is 15.1. The van der Waals surface area contributed by atoms with Gasteiger partial charge in [-0.1, -0.05) is 0 Å². The Hall–Kier alpha value is -1.92. The summed E-state index contributed by atoms with van der Waals surface area (Å²) in [5, 5.41) is 2.97. The number of carbonyl (C=O) groups excluding carboxylic acids is 1. The van der Waals surface area contributed by atoms with Gasteiger partial charge in [-0.25, -0.2) is 0 Å². The monoisotopic (exact) mass is 277 g/mol. The van der Waals surface area contributed by atoms with E-state index in [1.807, 2.05) is 0 Å². The summed E-state index contributed by atoms with van der Waals surface area (Å²) in [6, 6.07) is 5.38. The van der Waals surface area contributed by atoms with Crippen molar-refractivity contribution < 1.29 is 27.4 Å². The Balaban J connectivity index is 2.34. The summed E-state index contributed by atoms with van der Waals surface area (Å²) in [4.78, 5) is 10.8. The van der Waals surface area contributed by atoms with Crippen LogP contribution in [-0.4, -0.2) is 26.0 Å². The third-order valence-electron chi connectivity index (χ3n) is 2.20. The third kappa shape index (κ3) is 6.54. The second kappa shape index (κ2) is 6.86. The third-order valence-corrected chi connectivity index (χ3v) is 2.20. The highest BCUT2D eigenvalue weighted by Gasteiger charge is 2.30. The molecule has 1 aromatic rings. The number of ether oxygens (including phenoxy) is 2. The number of halogens is 3. The molecule has 0 spiro atoms. The first-order chi connectivity index (χ1) is 8.90. The van der Waals surface area contributed by atoms with Gasteiger partial charge < -0.3 is 14.8 Å². The lowest BCUT2D eigenvalue weighted by Gasteiger charge is -2.10. The Morgan fingerprint density at radius 2 is 1.89 bits per heavy atom. The molecule has 0 amide bonds. The molecule has 0 saturated heterocycles. The fraction of sp³-hybridized carbons (Fsp3) is 0.417.